The minimum absolute atomic E-state index is 0.0365. The number of halogens is 3. The number of aryl methyl sites for hydroxylation is 3. The Morgan fingerprint density at radius 1 is 0.857 bits per heavy atom. The van der Waals surface area contributed by atoms with Gasteiger partial charge in [-0.25, -0.2) is 4.79 Å². The average Bonchev–Trinajstić information content (AvgIpc) is 3.20. The van der Waals surface area contributed by atoms with Crippen LogP contribution in [0.2, 0.25) is 0 Å². The summed E-state index contributed by atoms with van der Waals surface area (Å²) >= 11 is 0. The van der Waals surface area contributed by atoms with Crippen LogP contribution in [0.4, 0.5) is 29.3 Å². The van der Waals surface area contributed by atoms with Gasteiger partial charge in [-0.1, -0.05) is 24.3 Å². The second-order valence-corrected chi connectivity index (χ2v) is 9.73. The lowest BCUT2D eigenvalue weighted by Crippen LogP contribution is -2.05. The normalized spacial score (nSPS) is 11.9. The van der Waals surface area contributed by atoms with Gasteiger partial charge in [-0.3, -0.25) is 4.57 Å². The zero-order valence-corrected chi connectivity index (χ0v) is 22.6. The Hall–Kier alpha value is -5.32. The van der Waals surface area contributed by atoms with Gasteiger partial charge >= 0.3 is 12.3 Å². The van der Waals surface area contributed by atoms with Gasteiger partial charge < -0.3 is 20.1 Å². The summed E-state index contributed by atoms with van der Waals surface area (Å²) in [5.41, 5.74) is 2.88. The van der Waals surface area contributed by atoms with Crippen molar-refractivity contribution in [3.63, 3.8) is 0 Å². The van der Waals surface area contributed by atoms with Crippen LogP contribution < -0.4 is 4.74 Å². The van der Waals surface area contributed by atoms with Crippen molar-refractivity contribution in [2.75, 3.05) is 0 Å². The van der Waals surface area contributed by atoms with E-state index in [1.807, 2.05) is 13.8 Å². The van der Waals surface area contributed by atoms with Crippen molar-refractivity contribution < 1.29 is 38.0 Å². The number of aromatic hydroxyl groups is 2. The summed E-state index contributed by atoms with van der Waals surface area (Å²) in [5.74, 6) is -0.521. The summed E-state index contributed by atoms with van der Waals surface area (Å²) in [6.07, 6.45) is -6.06. The Morgan fingerprint density at radius 3 is 2.29 bits per heavy atom. The molecule has 214 valence electrons. The maximum atomic E-state index is 13.6. The molecule has 42 heavy (non-hydrogen) atoms. The first kappa shape index (κ1) is 28.2. The van der Waals surface area contributed by atoms with E-state index in [4.69, 9.17) is 9.84 Å². The molecule has 0 spiro atoms. The maximum Gasteiger partial charge on any atom is 0.511 e. The third-order valence-electron chi connectivity index (χ3n) is 6.95. The summed E-state index contributed by atoms with van der Waals surface area (Å²) in [7, 11) is 0. The minimum Gasteiger partial charge on any atom is -0.505 e. The zero-order chi connectivity index (χ0) is 30.3. The number of carboxylic acid groups (broad SMARTS) is 1. The molecule has 8 nitrogen and oxygen atoms in total. The molecular formula is C31H24F3N3O5. The minimum atomic E-state index is -4.60. The number of hydrogen-bond acceptors (Lipinski definition) is 6. The van der Waals surface area contributed by atoms with Crippen molar-refractivity contribution in [2.24, 2.45) is 10.2 Å². The van der Waals surface area contributed by atoms with Crippen molar-refractivity contribution in [1.82, 2.24) is 4.57 Å². The quantitative estimate of drug-likeness (QED) is 0.110. The average molecular weight is 576 g/mol. The molecule has 0 fully saturated rings. The molecule has 5 rings (SSSR count). The number of phenols is 1. The van der Waals surface area contributed by atoms with Crippen molar-refractivity contribution in [1.29, 1.82) is 0 Å². The van der Waals surface area contributed by atoms with Gasteiger partial charge in [0.25, 0.3) is 0 Å². The molecule has 0 atom stereocenters. The van der Waals surface area contributed by atoms with E-state index < -0.39 is 23.8 Å². The van der Waals surface area contributed by atoms with Crippen LogP contribution in [-0.2, 0) is 6.18 Å². The Morgan fingerprint density at radius 2 is 1.62 bits per heavy atom. The molecule has 0 unspecified atom stereocenters. The van der Waals surface area contributed by atoms with E-state index >= 15 is 0 Å². The van der Waals surface area contributed by atoms with Gasteiger partial charge in [-0.2, -0.15) is 13.2 Å². The maximum absolute atomic E-state index is 13.6. The van der Waals surface area contributed by atoms with Gasteiger partial charge in [0.15, 0.2) is 11.4 Å². The zero-order valence-electron chi connectivity index (χ0n) is 22.6. The molecule has 0 radical (unpaired) electrons. The number of azo groups is 1. The third-order valence-corrected chi connectivity index (χ3v) is 6.95. The molecule has 0 aliphatic heterocycles. The predicted octanol–water partition coefficient (Wildman–Crippen LogP) is 9.12. The first-order chi connectivity index (χ1) is 19.8. The van der Waals surface area contributed by atoms with Crippen LogP contribution in [0.3, 0.4) is 0 Å². The number of para-hydroxylation sites is 1. The Labute approximate surface area is 237 Å². The fraction of sp³-hybridized carbons (Fsp3) is 0.129. The first-order valence-corrected chi connectivity index (χ1v) is 12.6. The Kier molecular flexibility index (Phi) is 7.11. The topological polar surface area (TPSA) is 117 Å². The molecule has 0 saturated carbocycles. The number of alkyl halides is 3. The van der Waals surface area contributed by atoms with Gasteiger partial charge in [0.1, 0.15) is 11.4 Å². The van der Waals surface area contributed by atoms with Crippen molar-refractivity contribution in [3.8, 4) is 34.2 Å². The number of carbonyl (C=O) groups is 1. The van der Waals surface area contributed by atoms with Crippen LogP contribution in [0.1, 0.15) is 22.3 Å². The summed E-state index contributed by atoms with van der Waals surface area (Å²) in [4.78, 5) is 10.9. The number of hydrogen-bond donors (Lipinski definition) is 3. The summed E-state index contributed by atoms with van der Waals surface area (Å²) in [6, 6.07) is 17.7. The number of rotatable bonds is 5. The number of ether oxygens (including phenoxy) is 1. The molecule has 1 aromatic heterocycles. The third kappa shape index (κ3) is 5.24. The lowest BCUT2D eigenvalue weighted by atomic mass is 10.0. The monoisotopic (exact) mass is 575 g/mol. The SMILES string of the molecule is Cc1ccc(-n2c(O)c(N=Nc3cccc(-c4ccc(OC(=O)O)c(C)c4)c3O)c3ccc(C(F)(F)F)cc32)cc1C. The summed E-state index contributed by atoms with van der Waals surface area (Å²) < 4.78 is 46.8. The van der Waals surface area contributed by atoms with E-state index in [2.05, 4.69) is 10.2 Å². The molecule has 0 amide bonds. The van der Waals surface area contributed by atoms with Crippen molar-refractivity contribution >= 4 is 28.4 Å². The Balaban J connectivity index is 1.61. The molecule has 4 aromatic carbocycles. The highest BCUT2D eigenvalue weighted by Crippen LogP contribution is 2.45. The molecule has 5 aromatic rings. The number of nitrogens with zero attached hydrogens (tertiary/aromatic N) is 3. The van der Waals surface area contributed by atoms with Gasteiger partial charge in [0, 0.05) is 16.6 Å². The number of aromatic nitrogens is 1. The largest absolute Gasteiger partial charge is 0.511 e. The van der Waals surface area contributed by atoms with Gasteiger partial charge in [0.2, 0.25) is 5.88 Å². The highest BCUT2D eigenvalue weighted by atomic mass is 19.4. The Bertz CT molecular complexity index is 1890. The lowest BCUT2D eigenvalue weighted by molar-refractivity contribution is -0.137. The molecule has 0 aliphatic rings. The standard InChI is InChI=1S/C31H24F3N3O5/c1-16-7-10-21(14-17(16)2)37-25-15-20(31(32,33)34)9-11-23(25)27(29(37)39)36-35-24-6-4-5-22(28(24)38)19-8-12-26(18(3)13-19)42-30(40)41/h4-15,38-39H,1-3H3,(H,40,41). The van der Waals surface area contributed by atoms with Gasteiger partial charge in [-0.15, -0.1) is 10.2 Å². The second-order valence-electron chi connectivity index (χ2n) is 9.73. The highest BCUT2D eigenvalue weighted by Gasteiger charge is 2.32. The van der Waals surface area contributed by atoms with E-state index in [0.717, 1.165) is 23.3 Å². The molecule has 3 N–H and O–H groups in total. The highest BCUT2D eigenvalue weighted by molar-refractivity contribution is 5.97. The number of fused-ring (bicyclic) bond motifs is 1. The molecule has 11 heteroatoms. The van der Waals surface area contributed by atoms with Crippen molar-refractivity contribution in [3.05, 3.63) is 95.1 Å². The molecule has 0 bridgehead atoms. The van der Waals surface area contributed by atoms with Crippen LogP contribution in [0.5, 0.6) is 17.4 Å². The molecule has 0 aliphatic carbocycles. The van der Waals surface area contributed by atoms with E-state index in [0.29, 0.717) is 22.4 Å². The van der Waals surface area contributed by atoms with E-state index in [-0.39, 0.29) is 33.8 Å². The fourth-order valence-electron chi connectivity index (χ4n) is 4.63. The van der Waals surface area contributed by atoms with Crippen LogP contribution in [0, 0.1) is 20.8 Å². The number of benzene rings is 4. The van der Waals surface area contributed by atoms with E-state index in [1.165, 1.54) is 22.8 Å². The first-order valence-electron chi connectivity index (χ1n) is 12.6. The van der Waals surface area contributed by atoms with E-state index in [9.17, 15) is 28.2 Å². The van der Waals surface area contributed by atoms with Crippen molar-refractivity contribution in [2.45, 2.75) is 26.9 Å². The molecular weight excluding hydrogens is 551 g/mol. The molecule has 0 saturated heterocycles. The van der Waals surface area contributed by atoms with Crippen LogP contribution in [0.25, 0.3) is 27.7 Å². The smallest absolute Gasteiger partial charge is 0.505 e. The lowest BCUT2D eigenvalue weighted by Gasteiger charge is -2.11. The van der Waals surface area contributed by atoms with Crippen LogP contribution >= 0.6 is 0 Å². The second kappa shape index (κ2) is 10.6. The fourth-order valence-corrected chi connectivity index (χ4v) is 4.63. The predicted molar refractivity (Wildman–Crippen MR) is 151 cm³/mol. The molecule has 1 heterocycles. The van der Waals surface area contributed by atoms with Crippen LogP contribution in [-0.4, -0.2) is 26.0 Å². The van der Waals surface area contributed by atoms with E-state index in [1.54, 1.807) is 49.4 Å². The van der Waals surface area contributed by atoms with Gasteiger partial charge in [-0.05, 0) is 91.6 Å². The van der Waals surface area contributed by atoms with Crippen LogP contribution in [0.15, 0.2) is 83.0 Å². The van der Waals surface area contributed by atoms with Gasteiger partial charge in [0.05, 0.1) is 11.1 Å². The summed E-state index contributed by atoms with van der Waals surface area (Å²) in [6.45, 7) is 5.40. The summed E-state index contributed by atoms with van der Waals surface area (Å²) in [5, 5.41) is 39.6. The number of phenolic OH excluding ortho intramolecular Hbond substituents is 1.